The predicted octanol–water partition coefficient (Wildman–Crippen LogP) is 1.76. The molecule has 0 aliphatic carbocycles. The first-order valence-electron chi connectivity index (χ1n) is 20.0. The van der Waals surface area contributed by atoms with Crippen molar-refractivity contribution in [3.05, 3.63) is 98.4 Å². The second-order valence-electron chi connectivity index (χ2n) is 15.5. The van der Waals surface area contributed by atoms with E-state index in [4.69, 9.17) is 42.5 Å². The minimum atomic E-state index is -4.51. The number of rotatable bonds is 12. The number of phenolic OH excluding ortho intramolecular Hbond substituents is 2. The number of fused-ring (bicyclic) bond motifs is 6. The molecule has 3 aliphatic rings. The largest absolute Gasteiger partial charge is 0.508 e. The number of ether oxygens (including phenoxy) is 2. The summed E-state index contributed by atoms with van der Waals surface area (Å²) < 4.78 is 57.5. The molecule has 3 atom stereocenters. The molecule has 4 aromatic rings. The molecule has 0 saturated carbocycles. The number of primary sulfonamides is 2. The molecular weight excluding hydrogens is 1010 g/mol. The van der Waals surface area contributed by atoms with Crippen LogP contribution in [-0.4, -0.2) is 114 Å². The van der Waals surface area contributed by atoms with Crippen LogP contribution in [0.3, 0.4) is 0 Å². The van der Waals surface area contributed by atoms with Crippen LogP contribution in [-0.2, 0) is 40.0 Å². The predicted molar refractivity (Wildman–Crippen MR) is 246 cm³/mol. The lowest BCUT2D eigenvalue weighted by molar-refractivity contribution is -0.142. The molecule has 13 N–H and O–H groups in total. The van der Waals surface area contributed by atoms with Crippen LogP contribution in [0.15, 0.2) is 69.9 Å². The molecule has 3 aromatic carbocycles. The number of carbonyl (C=O) groups excluding carboxylic acids is 5. The number of carbonyl (C=O) groups is 6. The van der Waals surface area contributed by atoms with Crippen molar-refractivity contribution in [1.29, 1.82) is 5.41 Å². The van der Waals surface area contributed by atoms with Crippen LogP contribution >= 0.6 is 34.7 Å². The fourth-order valence-corrected chi connectivity index (χ4v) is 11.2. The Bertz CT molecular complexity index is 3080. The lowest BCUT2D eigenvalue weighted by Crippen LogP contribution is -2.51. The minimum Gasteiger partial charge on any atom is -0.508 e. The molecule has 29 heteroatoms. The van der Waals surface area contributed by atoms with E-state index in [0.717, 1.165) is 11.0 Å². The fourth-order valence-electron chi connectivity index (χ4n) is 7.91. The summed E-state index contributed by atoms with van der Waals surface area (Å²) in [6.07, 6.45) is -0.224. The van der Waals surface area contributed by atoms with Crippen molar-refractivity contribution in [2.24, 2.45) is 21.0 Å². The molecule has 0 unspecified atom stereocenters. The van der Waals surface area contributed by atoms with Crippen LogP contribution in [0.5, 0.6) is 23.0 Å². The molecule has 0 bridgehead atoms. The maximum atomic E-state index is 13.9. The summed E-state index contributed by atoms with van der Waals surface area (Å²) in [4.78, 5) is 83.9. The number of halogens is 1. The first-order chi connectivity index (χ1) is 32.4. The number of sulfonamides is 2. The number of amides is 5. The number of thiophene rings is 1. The number of nitrogens with one attached hydrogen (secondary N) is 4. The van der Waals surface area contributed by atoms with Crippen LogP contribution in [0.2, 0.25) is 4.34 Å². The van der Waals surface area contributed by atoms with Gasteiger partial charge >= 0.3 is 18.0 Å². The number of nitrogens with zero attached hydrogens (tertiary/aromatic N) is 2. The van der Waals surface area contributed by atoms with Crippen molar-refractivity contribution >= 4 is 100.0 Å². The van der Waals surface area contributed by atoms with Gasteiger partial charge in [0, 0.05) is 47.5 Å². The molecule has 1 spiro atoms. The number of amidine groups is 1. The van der Waals surface area contributed by atoms with Gasteiger partial charge in [-0.15, -0.1) is 11.3 Å². The topological polar surface area (TPSA) is 403 Å². The van der Waals surface area contributed by atoms with Gasteiger partial charge in [-0.1, -0.05) is 17.7 Å². The Balaban J connectivity index is 1.000. The van der Waals surface area contributed by atoms with Crippen LogP contribution in [0.25, 0.3) is 0 Å². The average molecular weight is 1050 g/mol. The average Bonchev–Trinajstić information content (AvgIpc) is 3.95. The highest BCUT2D eigenvalue weighted by Gasteiger charge is 2.54. The number of urea groups is 1. The van der Waals surface area contributed by atoms with Crippen LogP contribution < -0.4 is 36.7 Å². The van der Waals surface area contributed by atoms with Gasteiger partial charge in [0.25, 0.3) is 21.8 Å². The molecule has 1 aromatic heterocycles. The van der Waals surface area contributed by atoms with Gasteiger partial charge in [0.05, 0.1) is 21.5 Å². The number of nitrogens with two attached hydrogens (primary N) is 3. The maximum absolute atomic E-state index is 13.9. The summed E-state index contributed by atoms with van der Waals surface area (Å²) in [5.41, 5.74) is 4.84. The van der Waals surface area contributed by atoms with E-state index in [9.17, 15) is 60.9 Å². The van der Waals surface area contributed by atoms with Gasteiger partial charge in [-0.3, -0.25) is 19.8 Å². The van der Waals surface area contributed by atoms with Crippen molar-refractivity contribution in [1.82, 2.24) is 20.9 Å². The Kier molecular flexibility index (Phi) is 14.0. The van der Waals surface area contributed by atoms with Gasteiger partial charge in [-0.25, -0.2) is 41.5 Å². The van der Waals surface area contributed by atoms with Crippen molar-refractivity contribution in [3.63, 3.8) is 0 Å². The Morgan fingerprint density at radius 1 is 0.971 bits per heavy atom. The zero-order valence-corrected chi connectivity index (χ0v) is 39.1. The molecule has 1 saturated heterocycles. The second-order valence-corrected chi connectivity index (χ2v) is 21.7. The Morgan fingerprint density at radius 2 is 1.61 bits per heavy atom. The number of carboxylic acid groups (broad SMARTS) is 1. The highest BCUT2D eigenvalue weighted by molar-refractivity contribution is 8.41. The number of unbranched alkanes of at least 4 members (excludes halogenated alkanes) is 1. The highest BCUT2D eigenvalue weighted by atomic mass is 35.5. The molecule has 5 amide bonds. The van der Waals surface area contributed by atoms with E-state index >= 15 is 0 Å². The minimum absolute atomic E-state index is 0.0200. The van der Waals surface area contributed by atoms with Crippen molar-refractivity contribution in [2.75, 3.05) is 13.1 Å². The van der Waals surface area contributed by atoms with Crippen LogP contribution in [0.1, 0.15) is 73.4 Å². The molecule has 24 nitrogen and oxygen atoms in total. The molecule has 7 rings (SSSR count). The van der Waals surface area contributed by atoms with E-state index in [1.807, 2.05) is 0 Å². The lowest BCUT2D eigenvalue weighted by atomic mass is 9.77. The van der Waals surface area contributed by atoms with E-state index in [1.165, 1.54) is 36.4 Å². The molecule has 1 fully saturated rings. The third-order valence-electron chi connectivity index (χ3n) is 10.9. The van der Waals surface area contributed by atoms with Gasteiger partial charge in [0.15, 0.2) is 10.8 Å². The first-order valence-corrected chi connectivity index (χ1v) is 25.1. The molecule has 364 valence electrons. The van der Waals surface area contributed by atoms with Crippen LogP contribution in [0.4, 0.5) is 4.79 Å². The summed E-state index contributed by atoms with van der Waals surface area (Å²) in [5, 5.41) is 54.8. The van der Waals surface area contributed by atoms with E-state index in [1.54, 1.807) is 18.2 Å². The number of benzene rings is 3. The van der Waals surface area contributed by atoms with E-state index in [2.05, 4.69) is 20.9 Å². The van der Waals surface area contributed by atoms with E-state index in [-0.39, 0.29) is 82.5 Å². The summed E-state index contributed by atoms with van der Waals surface area (Å²) in [6, 6.07) is 8.59. The van der Waals surface area contributed by atoms with Crippen molar-refractivity contribution in [3.8, 4) is 23.0 Å². The smallest absolute Gasteiger partial charge is 0.343 e. The maximum Gasteiger partial charge on any atom is 0.343 e. The number of aromatic hydroxyl groups is 2. The summed E-state index contributed by atoms with van der Waals surface area (Å²) in [6.45, 7) is -0.445. The van der Waals surface area contributed by atoms with Gasteiger partial charge in [-0.2, -0.15) is 4.99 Å². The zero-order valence-electron chi connectivity index (χ0n) is 35.1. The van der Waals surface area contributed by atoms with Gasteiger partial charge in [0.1, 0.15) is 39.3 Å². The number of likely N-dealkylation sites (tertiary alicyclic amines) is 1. The van der Waals surface area contributed by atoms with E-state index in [0.29, 0.717) is 28.0 Å². The number of esters is 1. The van der Waals surface area contributed by atoms with Gasteiger partial charge in [-0.05, 0) is 79.9 Å². The quantitative estimate of drug-likeness (QED) is 0.0418. The summed E-state index contributed by atoms with van der Waals surface area (Å²) in [5.74, 6) is -4.78. The molecule has 4 heterocycles. The number of phenols is 2. The normalized spacial score (nSPS) is 17.4. The Labute approximate surface area is 403 Å². The number of hydrogen-bond donors (Lipinski definition) is 10. The third kappa shape index (κ3) is 10.5. The van der Waals surface area contributed by atoms with Crippen molar-refractivity contribution < 1.29 is 70.4 Å². The van der Waals surface area contributed by atoms with Gasteiger partial charge in [0.2, 0.25) is 20.3 Å². The first kappa shape index (κ1) is 50.1. The Morgan fingerprint density at radius 3 is 2.22 bits per heavy atom. The monoisotopic (exact) mass is 1050 g/mol. The SMILES string of the molecule is N=C(S/C(N)=N\C(=O)N[C@@H]1C[C@H](C(=O)N[C@@H](CCCCNC(=O)c2ccc3c(c2)C(=O)OC32c3ccc(O)cc3Oc3cc(O)ccc32)C(=O)O)N(C(=O)c2cc(Cl)sc2S(N)(=O)=O)C1)S(N)(=O)=O. The zero-order chi connectivity index (χ0) is 50.3. The molecular formula is C40H38ClN9O15S4. The summed E-state index contributed by atoms with van der Waals surface area (Å²) >= 11 is 6.55. The number of aliphatic imine (C=N–C) groups is 1. The Hall–Kier alpha value is -6.82. The summed E-state index contributed by atoms with van der Waals surface area (Å²) in [7, 11) is -8.98. The number of carboxylic acids is 1. The van der Waals surface area contributed by atoms with Crippen molar-refractivity contribution in [2.45, 2.75) is 53.6 Å². The number of hydrogen-bond acceptors (Lipinski definition) is 17. The van der Waals surface area contributed by atoms with Gasteiger partial charge < -0.3 is 51.4 Å². The number of aliphatic carboxylic acids is 1. The lowest BCUT2D eigenvalue weighted by Gasteiger charge is -2.36. The third-order valence-corrected chi connectivity index (χ3v) is 15.6. The van der Waals surface area contributed by atoms with Crippen LogP contribution in [0, 0.1) is 5.41 Å². The molecule has 3 aliphatic heterocycles. The fraction of sp³-hybridized carbons (Fsp3) is 0.250. The second kappa shape index (κ2) is 19.3. The molecule has 0 radical (unpaired) electrons. The van der Waals surface area contributed by atoms with E-state index < -0.39 is 105 Å². The number of thioether (sulfide) groups is 1. The molecule has 69 heavy (non-hydrogen) atoms. The highest BCUT2D eigenvalue weighted by Crippen LogP contribution is 2.57. The standard InChI is InChI=1S/C40H38ClN9O15S4/c41-30-15-22(36(66-30)68(44,60)61)33(55)50-16-18(47-39(59)49-37(42)67-38(43)69(45,62)63)12-27(50)32(54)48-26(34(56)57)3-1-2-10-46-31(53)17-4-7-23-21(11-17)35(58)65-40(23)24-8-5-19(51)13-28(24)64-29-14-20(52)6-9-25(29)40/h4-9,11,13-15,18,26-27,43,51-52H,1-3,10,12,16H2,(H,46,53)(H,48,54)(H,56,57)(H2,44,60,61)(H2,45,62,63)(H3,42,47,49,59)/t18-,26+,27-/m1/s1.